The zero-order valence-electron chi connectivity index (χ0n) is 14.2. The molecule has 2 N–H and O–H groups in total. The molecule has 7 heteroatoms. The summed E-state index contributed by atoms with van der Waals surface area (Å²) in [5.74, 6) is -0.0335. The third-order valence-corrected chi connectivity index (χ3v) is 3.36. The summed E-state index contributed by atoms with van der Waals surface area (Å²) in [6.07, 6.45) is 1.81. The average molecular weight is 343 g/mol. The Kier molecular flexibility index (Phi) is 6.76. The summed E-state index contributed by atoms with van der Waals surface area (Å²) in [6.45, 7) is 1.97. The van der Waals surface area contributed by atoms with E-state index >= 15 is 0 Å². The van der Waals surface area contributed by atoms with E-state index in [1.54, 1.807) is 19.1 Å². The molecule has 25 heavy (non-hydrogen) atoms. The van der Waals surface area contributed by atoms with Crippen molar-refractivity contribution < 1.29 is 19.1 Å². The van der Waals surface area contributed by atoms with Crippen molar-refractivity contribution in [3.63, 3.8) is 0 Å². The van der Waals surface area contributed by atoms with Crippen LogP contribution in [0, 0.1) is 0 Å². The number of hydrogen-bond donors (Lipinski definition) is 2. The first-order chi connectivity index (χ1) is 12.1. The van der Waals surface area contributed by atoms with Gasteiger partial charge in [0.15, 0.2) is 0 Å². The third kappa shape index (κ3) is 5.80. The van der Waals surface area contributed by atoms with Crippen molar-refractivity contribution in [1.29, 1.82) is 0 Å². The van der Waals surface area contributed by atoms with Crippen molar-refractivity contribution in [1.82, 2.24) is 10.3 Å². The lowest BCUT2D eigenvalue weighted by Gasteiger charge is -2.18. The summed E-state index contributed by atoms with van der Waals surface area (Å²) in [4.78, 5) is 28.3. The largest absolute Gasteiger partial charge is 0.481 e. The Labute approximate surface area is 146 Å². The number of urea groups is 1. The van der Waals surface area contributed by atoms with Gasteiger partial charge in [0, 0.05) is 12.5 Å². The Balaban J connectivity index is 2.01. The average Bonchev–Trinajstić information content (AvgIpc) is 2.63. The van der Waals surface area contributed by atoms with Gasteiger partial charge in [0.2, 0.25) is 5.88 Å². The molecule has 2 aromatic rings. The molecular weight excluding hydrogens is 322 g/mol. The Bertz CT molecular complexity index is 689. The van der Waals surface area contributed by atoms with Crippen molar-refractivity contribution in [2.45, 2.75) is 19.4 Å². The van der Waals surface area contributed by atoms with Crippen LogP contribution in [0.15, 0.2) is 48.7 Å². The van der Waals surface area contributed by atoms with Gasteiger partial charge in [-0.3, -0.25) is 0 Å². The zero-order chi connectivity index (χ0) is 18.1. The number of nitrogens with zero attached hydrogens (tertiary/aromatic N) is 1. The molecule has 0 saturated carbocycles. The van der Waals surface area contributed by atoms with Crippen LogP contribution in [-0.4, -0.2) is 36.7 Å². The first kappa shape index (κ1) is 18.3. The van der Waals surface area contributed by atoms with Gasteiger partial charge in [0.05, 0.1) is 25.6 Å². The lowest BCUT2D eigenvalue weighted by atomic mass is 10.1. The summed E-state index contributed by atoms with van der Waals surface area (Å²) in [5.41, 5.74) is 1.41. The summed E-state index contributed by atoms with van der Waals surface area (Å²) >= 11 is 0. The van der Waals surface area contributed by atoms with Crippen LogP contribution in [0.25, 0.3) is 0 Å². The van der Waals surface area contributed by atoms with E-state index < -0.39 is 18.0 Å². The van der Waals surface area contributed by atoms with Crippen LogP contribution in [0.1, 0.15) is 12.5 Å². The minimum atomic E-state index is -0.784. The first-order valence-electron chi connectivity index (χ1n) is 7.90. The van der Waals surface area contributed by atoms with E-state index in [9.17, 15) is 9.59 Å². The molecule has 0 saturated heterocycles. The smallest absolute Gasteiger partial charge is 0.329 e. The van der Waals surface area contributed by atoms with Crippen molar-refractivity contribution in [2.24, 2.45) is 0 Å². The number of pyridine rings is 1. The maximum absolute atomic E-state index is 12.2. The van der Waals surface area contributed by atoms with E-state index in [1.165, 1.54) is 13.3 Å². The molecule has 0 spiro atoms. The maximum Gasteiger partial charge on any atom is 0.329 e. The molecule has 0 fully saturated rings. The van der Waals surface area contributed by atoms with Crippen molar-refractivity contribution in [2.75, 3.05) is 19.0 Å². The van der Waals surface area contributed by atoms with Crippen LogP contribution >= 0.6 is 0 Å². The first-order valence-corrected chi connectivity index (χ1v) is 7.90. The summed E-state index contributed by atoms with van der Waals surface area (Å²) in [7, 11) is 1.51. The van der Waals surface area contributed by atoms with Gasteiger partial charge in [-0.1, -0.05) is 30.3 Å². The van der Waals surface area contributed by atoms with Gasteiger partial charge in [0.25, 0.3) is 0 Å². The molecule has 1 atom stereocenters. The summed E-state index contributed by atoms with van der Waals surface area (Å²) in [5, 5.41) is 5.27. The van der Waals surface area contributed by atoms with E-state index in [0.29, 0.717) is 18.0 Å². The van der Waals surface area contributed by atoms with Gasteiger partial charge in [0.1, 0.15) is 6.04 Å². The second kappa shape index (κ2) is 9.27. The summed E-state index contributed by atoms with van der Waals surface area (Å²) in [6, 6.07) is 11.4. The fourth-order valence-corrected chi connectivity index (χ4v) is 2.19. The minimum absolute atomic E-state index is 0.246. The van der Waals surface area contributed by atoms with Crippen LogP contribution in [-0.2, 0) is 16.0 Å². The molecule has 0 aliphatic heterocycles. The number of methoxy groups -OCH3 is 1. The molecular formula is C18H21N3O4. The standard InChI is InChI=1S/C18H21N3O4/c1-3-25-17(22)15(11-13-7-5-4-6-8-13)21-18(23)20-14-9-10-16(24-2)19-12-14/h4-10,12,15H,3,11H2,1-2H3,(H2,20,21,23). The molecule has 132 valence electrons. The number of aromatic nitrogens is 1. The Morgan fingerprint density at radius 2 is 1.92 bits per heavy atom. The monoisotopic (exact) mass is 343 g/mol. The number of nitrogens with one attached hydrogen (secondary N) is 2. The van der Waals surface area contributed by atoms with Gasteiger partial charge in [-0.25, -0.2) is 14.6 Å². The molecule has 7 nitrogen and oxygen atoms in total. The van der Waals surface area contributed by atoms with Crippen molar-refractivity contribution in [3.05, 3.63) is 54.2 Å². The highest BCUT2D eigenvalue weighted by atomic mass is 16.5. The van der Waals surface area contributed by atoms with Gasteiger partial charge in [-0.2, -0.15) is 0 Å². The van der Waals surface area contributed by atoms with Crippen molar-refractivity contribution >= 4 is 17.7 Å². The van der Waals surface area contributed by atoms with Crippen molar-refractivity contribution in [3.8, 4) is 5.88 Å². The van der Waals surface area contributed by atoms with E-state index in [-0.39, 0.29) is 6.61 Å². The Morgan fingerprint density at radius 1 is 1.16 bits per heavy atom. The number of rotatable bonds is 7. The second-order valence-electron chi connectivity index (χ2n) is 5.18. The number of anilines is 1. The molecule has 1 aromatic heterocycles. The number of esters is 1. The molecule has 2 amide bonds. The number of ether oxygens (including phenoxy) is 2. The van der Waals surface area contributed by atoms with E-state index in [2.05, 4.69) is 15.6 Å². The lowest BCUT2D eigenvalue weighted by molar-refractivity contribution is -0.145. The fourth-order valence-electron chi connectivity index (χ4n) is 2.19. The number of carbonyl (C=O) groups excluding carboxylic acids is 2. The van der Waals surface area contributed by atoms with Crippen LogP contribution in [0.3, 0.4) is 0 Å². The van der Waals surface area contributed by atoms with Gasteiger partial charge < -0.3 is 20.1 Å². The SMILES string of the molecule is CCOC(=O)C(Cc1ccccc1)NC(=O)Nc1ccc(OC)nc1. The topological polar surface area (TPSA) is 89.5 Å². The highest BCUT2D eigenvalue weighted by Crippen LogP contribution is 2.11. The summed E-state index contributed by atoms with van der Waals surface area (Å²) < 4.78 is 10.0. The van der Waals surface area contributed by atoms with Crippen LogP contribution < -0.4 is 15.4 Å². The molecule has 1 aromatic carbocycles. The highest BCUT2D eigenvalue weighted by molar-refractivity contribution is 5.92. The molecule has 1 unspecified atom stereocenters. The second-order valence-corrected chi connectivity index (χ2v) is 5.18. The fraction of sp³-hybridized carbons (Fsp3) is 0.278. The Morgan fingerprint density at radius 3 is 2.52 bits per heavy atom. The normalized spacial score (nSPS) is 11.3. The molecule has 2 rings (SSSR count). The van der Waals surface area contributed by atoms with E-state index in [0.717, 1.165) is 5.56 Å². The molecule has 0 aliphatic carbocycles. The molecule has 1 heterocycles. The minimum Gasteiger partial charge on any atom is -0.481 e. The van der Waals surface area contributed by atoms with E-state index in [1.807, 2.05) is 30.3 Å². The number of hydrogen-bond acceptors (Lipinski definition) is 5. The van der Waals surface area contributed by atoms with Gasteiger partial charge >= 0.3 is 12.0 Å². The zero-order valence-corrected chi connectivity index (χ0v) is 14.2. The van der Waals surface area contributed by atoms with E-state index in [4.69, 9.17) is 9.47 Å². The third-order valence-electron chi connectivity index (χ3n) is 3.36. The van der Waals surface area contributed by atoms with Gasteiger partial charge in [-0.05, 0) is 18.6 Å². The molecule has 0 radical (unpaired) electrons. The number of amides is 2. The molecule has 0 bridgehead atoms. The van der Waals surface area contributed by atoms with Crippen LogP contribution in [0.2, 0.25) is 0 Å². The van der Waals surface area contributed by atoms with Crippen LogP contribution in [0.5, 0.6) is 5.88 Å². The maximum atomic E-state index is 12.2. The van der Waals surface area contributed by atoms with Gasteiger partial charge in [-0.15, -0.1) is 0 Å². The molecule has 0 aliphatic rings. The lowest BCUT2D eigenvalue weighted by Crippen LogP contribution is -2.45. The Hall–Kier alpha value is -3.09. The predicted molar refractivity (Wildman–Crippen MR) is 93.5 cm³/mol. The quantitative estimate of drug-likeness (QED) is 0.754. The highest BCUT2D eigenvalue weighted by Gasteiger charge is 2.22. The number of carbonyl (C=O) groups is 2. The number of benzene rings is 1. The van der Waals surface area contributed by atoms with Crippen LogP contribution in [0.4, 0.5) is 10.5 Å². The predicted octanol–water partition coefficient (Wildman–Crippen LogP) is 2.39.